The van der Waals surface area contributed by atoms with E-state index in [4.69, 9.17) is 0 Å². The van der Waals surface area contributed by atoms with Gasteiger partial charge in [-0.3, -0.25) is 4.79 Å². The second kappa shape index (κ2) is 8.05. The van der Waals surface area contributed by atoms with E-state index in [1.807, 2.05) is 12.1 Å². The number of aryl methyl sites for hydroxylation is 1. The SMILES string of the molecule is CNS(=O)(=O)c1ccc(CCC(=O)NCc2ccc(Br)s2)cc1. The maximum Gasteiger partial charge on any atom is 0.240 e. The quantitative estimate of drug-likeness (QED) is 0.728. The maximum atomic E-state index is 11.8. The summed E-state index contributed by atoms with van der Waals surface area (Å²) < 4.78 is 26.6. The molecule has 0 aliphatic heterocycles. The molecular weight excluding hydrogens is 400 g/mol. The summed E-state index contributed by atoms with van der Waals surface area (Å²) in [6, 6.07) is 10.5. The molecule has 0 saturated carbocycles. The Kier molecular flexibility index (Phi) is 6.34. The van der Waals surface area contributed by atoms with Crippen LogP contribution in [0.25, 0.3) is 0 Å². The zero-order valence-electron chi connectivity index (χ0n) is 12.5. The molecule has 0 bridgehead atoms. The number of carbonyl (C=O) groups excluding carboxylic acids is 1. The number of hydrogen-bond donors (Lipinski definition) is 2. The Morgan fingerprint density at radius 2 is 1.87 bits per heavy atom. The summed E-state index contributed by atoms with van der Waals surface area (Å²) in [5.41, 5.74) is 0.925. The van der Waals surface area contributed by atoms with E-state index in [2.05, 4.69) is 26.0 Å². The highest BCUT2D eigenvalue weighted by atomic mass is 79.9. The number of rotatable bonds is 7. The van der Waals surface area contributed by atoms with Crippen molar-refractivity contribution >= 4 is 43.2 Å². The Morgan fingerprint density at radius 1 is 1.17 bits per heavy atom. The van der Waals surface area contributed by atoms with Crippen molar-refractivity contribution in [1.29, 1.82) is 0 Å². The van der Waals surface area contributed by atoms with E-state index in [1.165, 1.54) is 7.05 Å². The summed E-state index contributed by atoms with van der Waals surface area (Å²) in [5.74, 6) is -0.0264. The molecule has 1 aromatic heterocycles. The molecule has 0 aliphatic carbocycles. The van der Waals surface area contributed by atoms with Gasteiger partial charge in [-0.2, -0.15) is 0 Å². The zero-order chi connectivity index (χ0) is 16.9. The number of thiophene rings is 1. The minimum Gasteiger partial charge on any atom is -0.351 e. The predicted octanol–water partition coefficient (Wildman–Crippen LogP) is 2.67. The largest absolute Gasteiger partial charge is 0.351 e. The third kappa shape index (κ3) is 5.42. The summed E-state index contributed by atoms with van der Waals surface area (Å²) in [7, 11) is -2.04. The van der Waals surface area contributed by atoms with Crippen LogP contribution >= 0.6 is 27.3 Å². The molecule has 1 aromatic carbocycles. The highest BCUT2D eigenvalue weighted by molar-refractivity contribution is 9.11. The number of sulfonamides is 1. The monoisotopic (exact) mass is 416 g/mol. The lowest BCUT2D eigenvalue weighted by atomic mass is 10.1. The summed E-state index contributed by atoms with van der Waals surface area (Å²) in [5, 5.41) is 2.87. The summed E-state index contributed by atoms with van der Waals surface area (Å²) >= 11 is 4.97. The minimum absolute atomic E-state index is 0.0264. The van der Waals surface area contributed by atoms with Crippen LogP contribution in [0.3, 0.4) is 0 Å². The van der Waals surface area contributed by atoms with E-state index in [0.29, 0.717) is 19.4 Å². The molecule has 0 atom stereocenters. The van der Waals surface area contributed by atoms with Gasteiger partial charge in [0.2, 0.25) is 15.9 Å². The molecule has 0 radical (unpaired) electrons. The van der Waals surface area contributed by atoms with Gasteiger partial charge in [0.15, 0.2) is 0 Å². The van der Waals surface area contributed by atoms with Crippen LogP contribution in [0.15, 0.2) is 45.1 Å². The second-order valence-corrected chi connectivity index (χ2v) is 9.27. The third-order valence-electron chi connectivity index (χ3n) is 3.23. The zero-order valence-corrected chi connectivity index (χ0v) is 15.7. The van der Waals surface area contributed by atoms with Gasteiger partial charge in [0, 0.05) is 11.3 Å². The molecular formula is C15H17BrN2O3S2. The van der Waals surface area contributed by atoms with Gasteiger partial charge in [0.25, 0.3) is 0 Å². The first-order valence-electron chi connectivity index (χ1n) is 6.94. The van der Waals surface area contributed by atoms with Crippen LogP contribution in [0.4, 0.5) is 0 Å². The number of halogens is 1. The van der Waals surface area contributed by atoms with Crippen LogP contribution in [0.5, 0.6) is 0 Å². The standard InChI is InChI=1S/C15H17BrN2O3S2/c1-17-23(20,21)13-6-2-11(3-7-13)4-9-15(19)18-10-12-5-8-14(16)22-12/h2-3,5-8,17H,4,9-10H2,1H3,(H,18,19). The smallest absolute Gasteiger partial charge is 0.240 e. The molecule has 0 aliphatic rings. The van der Waals surface area contributed by atoms with Gasteiger partial charge in [0.05, 0.1) is 15.2 Å². The van der Waals surface area contributed by atoms with Crippen LogP contribution < -0.4 is 10.0 Å². The van der Waals surface area contributed by atoms with Crippen LogP contribution in [0, 0.1) is 0 Å². The lowest BCUT2D eigenvalue weighted by Gasteiger charge is -2.06. The predicted molar refractivity (Wildman–Crippen MR) is 94.9 cm³/mol. The first-order chi connectivity index (χ1) is 10.9. The van der Waals surface area contributed by atoms with Gasteiger partial charge in [-0.25, -0.2) is 13.1 Å². The van der Waals surface area contributed by atoms with Crippen molar-refractivity contribution in [2.45, 2.75) is 24.3 Å². The molecule has 5 nitrogen and oxygen atoms in total. The van der Waals surface area contributed by atoms with E-state index in [9.17, 15) is 13.2 Å². The molecule has 2 N–H and O–H groups in total. The highest BCUT2D eigenvalue weighted by Gasteiger charge is 2.10. The average Bonchev–Trinajstić information content (AvgIpc) is 2.97. The number of carbonyl (C=O) groups is 1. The molecule has 0 fully saturated rings. The van der Waals surface area contributed by atoms with E-state index in [0.717, 1.165) is 14.2 Å². The Labute approximate surface area is 148 Å². The third-order valence-corrected chi connectivity index (χ3v) is 6.29. The Hall–Kier alpha value is -1.22. The Balaban J connectivity index is 1.82. The molecule has 1 amide bonds. The second-order valence-electron chi connectivity index (χ2n) is 4.83. The fraction of sp³-hybridized carbons (Fsp3) is 0.267. The summed E-state index contributed by atoms with van der Waals surface area (Å²) in [6.07, 6.45) is 0.935. The van der Waals surface area contributed by atoms with Crippen molar-refractivity contribution in [3.05, 3.63) is 50.6 Å². The maximum absolute atomic E-state index is 11.8. The van der Waals surface area contributed by atoms with Crippen molar-refractivity contribution in [2.24, 2.45) is 0 Å². The topological polar surface area (TPSA) is 75.3 Å². The minimum atomic E-state index is -3.42. The Morgan fingerprint density at radius 3 is 2.43 bits per heavy atom. The van der Waals surface area contributed by atoms with Gasteiger partial charge in [-0.1, -0.05) is 12.1 Å². The fourth-order valence-corrected chi connectivity index (χ4v) is 4.08. The van der Waals surface area contributed by atoms with Crippen LogP contribution in [0.1, 0.15) is 16.9 Å². The molecule has 8 heteroatoms. The first kappa shape index (κ1) is 18.1. The lowest BCUT2D eigenvalue weighted by Crippen LogP contribution is -2.22. The molecule has 23 heavy (non-hydrogen) atoms. The first-order valence-corrected chi connectivity index (χ1v) is 10.0. The van der Waals surface area contributed by atoms with E-state index < -0.39 is 10.0 Å². The van der Waals surface area contributed by atoms with Gasteiger partial charge in [-0.05, 0) is 59.2 Å². The fourth-order valence-electron chi connectivity index (χ4n) is 1.93. The molecule has 2 rings (SSSR count). The molecule has 2 aromatic rings. The van der Waals surface area contributed by atoms with E-state index in [1.54, 1.807) is 35.6 Å². The number of amides is 1. The van der Waals surface area contributed by atoms with Crippen LogP contribution in [0.2, 0.25) is 0 Å². The van der Waals surface area contributed by atoms with Gasteiger partial charge >= 0.3 is 0 Å². The Bertz CT molecular complexity index is 770. The van der Waals surface area contributed by atoms with Crippen molar-refractivity contribution in [2.75, 3.05) is 7.05 Å². The molecule has 124 valence electrons. The molecule has 1 heterocycles. The van der Waals surface area contributed by atoms with Crippen molar-refractivity contribution in [3.8, 4) is 0 Å². The summed E-state index contributed by atoms with van der Waals surface area (Å²) in [6.45, 7) is 0.522. The average molecular weight is 417 g/mol. The van der Waals surface area contributed by atoms with Crippen molar-refractivity contribution in [1.82, 2.24) is 10.0 Å². The normalized spacial score (nSPS) is 11.4. The molecule has 0 saturated heterocycles. The van der Waals surface area contributed by atoms with Crippen molar-refractivity contribution in [3.63, 3.8) is 0 Å². The van der Waals surface area contributed by atoms with Crippen LogP contribution in [-0.4, -0.2) is 21.4 Å². The number of nitrogens with one attached hydrogen (secondary N) is 2. The van der Waals surface area contributed by atoms with Gasteiger partial charge < -0.3 is 5.32 Å². The van der Waals surface area contributed by atoms with Crippen LogP contribution in [-0.2, 0) is 27.8 Å². The molecule has 0 spiro atoms. The number of hydrogen-bond acceptors (Lipinski definition) is 4. The lowest BCUT2D eigenvalue weighted by molar-refractivity contribution is -0.121. The number of benzene rings is 1. The van der Waals surface area contributed by atoms with Gasteiger partial charge in [-0.15, -0.1) is 11.3 Å². The van der Waals surface area contributed by atoms with Gasteiger partial charge in [0.1, 0.15) is 0 Å². The van der Waals surface area contributed by atoms with E-state index >= 15 is 0 Å². The molecule has 0 unspecified atom stereocenters. The van der Waals surface area contributed by atoms with Crippen molar-refractivity contribution < 1.29 is 13.2 Å². The summed E-state index contributed by atoms with van der Waals surface area (Å²) in [4.78, 5) is 13.2. The van der Waals surface area contributed by atoms with E-state index in [-0.39, 0.29) is 10.8 Å². The highest BCUT2D eigenvalue weighted by Crippen LogP contribution is 2.21.